The topological polar surface area (TPSA) is 9.72 Å². The molecule has 0 aromatic rings. The Bertz CT molecular complexity index is 312. The van der Waals surface area contributed by atoms with E-state index in [-0.39, 0.29) is 0 Å². The maximum absolute atomic E-state index is 3.89. The Morgan fingerprint density at radius 2 is 0.667 bits per heavy atom. The van der Waals surface area contributed by atoms with Crippen LogP contribution in [0.3, 0.4) is 0 Å². The Hall–Kier alpha value is -1.42. The van der Waals surface area contributed by atoms with E-state index in [0.29, 0.717) is 0 Å². The molecule has 0 radical (unpaired) electrons. The van der Waals surface area contributed by atoms with E-state index in [0.717, 1.165) is 71.7 Å². The lowest BCUT2D eigenvalue weighted by Gasteiger charge is -2.25. The minimum absolute atomic E-state index is 0.922. The van der Waals surface area contributed by atoms with Crippen molar-refractivity contribution in [3.05, 3.63) is 63.3 Å². The highest BCUT2D eigenvalue weighted by molar-refractivity contribution is 4.82. The molecule has 3 nitrogen and oxygen atoms in total. The van der Waals surface area contributed by atoms with Gasteiger partial charge in [-0.05, 0) is 25.9 Å². The molecule has 24 heavy (non-hydrogen) atoms. The minimum Gasteiger partial charge on any atom is -0.300 e. The monoisotopic (exact) mass is 331 g/mol. The van der Waals surface area contributed by atoms with E-state index in [4.69, 9.17) is 0 Å². The van der Waals surface area contributed by atoms with E-state index in [1.54, 1.807) is 0 Å². The number of nitrogens with zero attached hydrogens (tertiary/aromatic N) is 3. The Kier molecular flexibility index (Phi) is 15.5. The van der Waals surface area contributed by atoms with Gasteiger partial charge in [0.05, 0.1) is 0 Å². The summed E-state index contributed by atoms with van der Waals surface area (Å²) >= 11 is 0. The average molecular weight is 332 g/mol. The number of hydrogen-bond acceptors (Lipinski definition) is 3. The first kappa shape index (κ1) is 22.6. The third-order valence-corrected chi connectivity index (χ3v) is 3.83. The largest absolute Gasteiger partial charge is 0.300 e. The molecule has 0 aliphatic rings. The predicted molar refractivity (Wildman–Crippen MR) is 110 cm³/mol. The smallest absolute Gasteiger partial charge is 0.0163 e. The van der Waals surface area contributed by atoms with Gasteiger partial charge < -0.3 is 0 Å². The Morgan fingerprint density at radius 3 is 0.958 bits per heavy atom. The first-order valence-corrected chi connectivity index (χ1v) is 8.93. The van der Waals surface area contributed by atoms with Crippen LogP contribution < -0.4 is 0 Å². The highest BCUT2D eigenvalue weighted by Crippen LogP contribution is 2.00. The summed E-state index contributed by atoms with van der Waals surface area (Å²) in [6.45, 7) is 28.2. The molecule has 136 valence electrons. The highest BCUT2D eigenvalue weighted by atomic mass is 15.2. The zero-order valence-corrected chi connectivity index (χ0v) is 15.5. The lowest BCUT2D eigenvalue weighted by atomic mass is 10.3. The molecular formula is C21H37N3. The van der Waals surface area contributed by atoms with Gasteiger partial charge in [-0.1, -0.05) is 30.4 Å². The van der Waals surface area contributed by atoms with Crippen molar-refractivity contribution in [1.29, 1.82) is 0 Å². The summed E-state index contributed by atoms with van der Waals surface area (Å²) in [6, 6.07) is 0. The van der Waals surface area contributed by atoms with Crippen LogP contribution in [0.1, 0.15) is 12.8 Å². The fraction of sp³-hybridized carbons (Fsp3) is 0.524. The number of hydrogen-bond donors (Lipinski definition) is 0. The molecule has 0 saturated heterocycles. The van der Waals surface area contributed by atoms with Crippen molar-refractivity contribution in [2.75, 3.05) is 58.9 Å². The summed E-state index contributed by atoms with van der Waals surface area (Å²) in [7, 11) is 0. The van der Waals surface area contributed by atoms with Gasteiger partial charge >= 0.3 is 0 Å². The Labute approximate surface area is 150 Å². The Morgan fingerprint density at radius 1 is 0.417 bits per heavy atom. The molecule has 0 aliphatic heterocycles. The first-order chi connectivity index (χ1) is 11.7. The van der Waals surface area contributed by atoms with Crippen molar-refractivity contribution in [2.45, 2.75) is 12.8 Å². The molecular weight excluding hydrogens is 294 g/mol. The van der Waals surface area contributed by atoms with Crippen molar-refractivity contribution >= 4 is 0 Å². The maximum atomic E-state index is 3.89. The van der Waals surface area contributed by atoms with Gasteiger partial charge in [-0.25, -0.2) is 0 Å². The summed E-state index contributed by atoms with van der Waals surface area (Å²) in [5, 5.41) is 0. The predicted octanol–water partition coefficient (Wildman–Crippen LogP) is 3.60. The van der Waals surface area contributed by atoms with Crippen LogP contribution in [-0.4, -0.2) is 73.6 Å². The van der Waals surface area contributed by atoms with Crippen molar-refractivity contribution < 1.29 is 0 Å². The van der Waals surface area contributed by atoms with Crippen LogP contribution >= 0.6 is 0 Å². The van der Waals surface area contributed by atoms with Crippen LogP contribution in [0.25, 0.3) is 0 Å². The van der Waals surface area contributed by atoms with Crippen LogP contribution in [0.2, 0.25) is 0 Å². The summed E-state index contributed by atoms with van der Waals surface area (Å²) in [5.74, 6) is 0. The molecule has 0 unspecified atom stereocenters. The fourth-order valence-corrected chi connectivity index (χ4v) is 2.76. The van der Waals surface area contributed by atoms with Crippen molar-refractivity contribution in [2.24, 2.45) is 0 Å². The van der Waals surface area contributed by atoms with Crippen LogP contribution in [0.5, 0.6) is 0 Å². The molecule has 0 fully saturated rings. The summed E-state index contributed by atoms with van der Waals surface area (Å²) in [4.78, 5) is 7.21. The second kappa shape index (κ2) is 16.4. The lowest BCUT2D eigenvalue weighted by Crippen LogP contribution is -2.33. The van der Waals surface area contributed by atoms with Crippen LogP contribution in [0.15, 0.2) is 63.3 Å². The molecule has 0 aromatic heterocycles. The van der Waals surface area contributed by atoms with E-state index in [1.807, 2.05) is 30.4 Å². The second-order valence-corrected chi connectivity index (χ2v) is 5.97. The third-order valence-electron chi connectivity index (χ3n) is 3.83. The normalized spacial score (nSPS) is 11.0. The summed E-state index contributed by atoms with van der Waals surface area (Å²) in [5.41, 5.74) is 0. The molecule has 0 rings (SSSR count). The van der Waals surface area contributed by atoms with Crippen molar-refractivity contribution in [3.63, 3.8) is 0 Å². The van der Waals surface area contributed by atoms with Gasteiger partial charge in [0.1, 0.15) is 0 Å². The van der Waals surface area contributed by atoms with E-state index in [1.165, 1.54) is 0 Å². The van der Waals surface area contributed by atoms with Crippen molar-refractivity contribution in [3.8, 4) is 0 Å². The third kappa shape index (κ3) is 12.1. The van der Waals surface area contributed by atoms with Gasteiger partial charge in [0.2, 0.25) is 0 Å². The SMILES string of the molecule is C=CCN(CC=C)CCCN(CC=C)CCCN(CC=C)CC=C. The molecule has 0 N–H and O–H groups in total. The van der Waals surface area contributed by atoms with Gasteiger partial charge in [0.15, 0.2) is 0 Å². The number of rotatable bonds is 18. The average Bonchev–Trinajstić information content (AvgIpc) is 2.55. The molecule has 0 spiro atoms. The molecule has 0 saturated carbocycles. The zero-order valence-electron chi connectivity index (χ0n) is 15.5. The molecule has 3 heteroatoms. The molecule has 0 heterocycles. The van der Waals surface area contributed by atoms with Crippen LogP contribution in [0.4, 0.5) is 0 Å². The van der Waals surface area contributed by atoms with Crippen LogP contribution in [-0.2, 0) is 0 Å². The van der Waals surface area contributed by atoms with Crippen LogP contribution in [0, 0.1) is 0 Å². The van der Waals surface area contributed by atoms with Gasteiger partial charge in [-0.2, -0.15) is 0 Å². The van der Waals surface area contributed by atoms with Crippen molar-refractivity contribution in [1.82, 2.24) is 14.7 Å². The molecule has 0 aromatic carbocycles. The van der Waals surface area contributed by atoms with Gasteiger partial charge in [-0.3, -0.25) is 14.7 Å². The molecule has 0 aliphatic carbocycles. The van der Waals surface area contributed by atoms with Gasteiger partial charge in [-0.15, -0.1) is 32.9 Å². The van der Waals surface area contributed by atoms with Gasteiger partial charge in [0, 0.05) is 45.8 Å². The quantitative estimate of drug-likeness (QED) is 0.355. The molecule has 0 amide bonds. The first-order valence-electron chi connectivity index (χ1n) is 8.93. The second-order valence-electron chi connectivity index (χ2n) is 5.97. The van der Waals surface area contributed by atoms with E-state index in [2.05, 4.69) is 47.6 Å². The standard InChI is InChI=1S/C21H37N3/c1-6-13-22(14-7-2)18-11-20-24(17-10-5)21-12-19-23(15-8-3)16-9-4/h6-10H,1-5,11-21H2. The lowest BCUT2D eigenvalue weighted by molar-refractivity contribution is 0.242. The molecule has 0 bridgehead atoms. The molecule has 0 atom stereocenters. The maximum Gasteiger partial charge on any atom is 0.0163 e. The fourth-order valence-electron chi connectivity index (χ4n) is 2.76. The minimum atomic E-state index is 0.922. The summed E-state index contributed by atoms with van der Waals surface area (Å²) in [6.07, 6.45) is 12.1. The van der Waals surface area contributed by atoms with Gasteiger partial charge in [0.25, 0.3) is 0 Å². The summed E-state index contributed by atoms with van der Waals surface area (Å²) < 4.78 is 0. The van der Waals surface area contributed by atoms with E-state index < -0.39 is 0 Å². The highest BCUT2D eigenvalue weighted by Gasteiger charge is 2.07. The Balaban J connectivity index is 4.16. The van der Waals surface area contributed by atoms with E-state index >= 15 is 0 Å². The zero-order chi connectivity index (χ0) is 18.0. The van der Waals surface area contributed by atoms with E-state index in [9.17, 15) is 0 Å².